The molecule has 0 amide bonds. The van der Waals surface area contributed by atoms with Crippen molar-refractivity contribution in [3.63, 3.8) is 0 Å². The highest BCUT2D eigenvalue weighted by Gasteiger charge is 2.15. The number of hydrogen-bond acceptors (Lipinski definition) is 2. The Morgan fingerprint density at radius 2 is 0.872 bits per heavy atom. The molecule has 0 spiro atoms. The molecule has 1 N–H and O–H groups in total. The number of benzene rings is 7. The van der Waals surface area contributed by atoms with Gasteiger partial charge in [-0.2, -0.15) is 0 Å². The molecule has 0 fully saturated rings. The molecule has 0 aliphatic rings. The molecule has 7 rings (SSSR count). The second-order valence-corrected chi connectivity index (χ2v) is 11.7. The molecule has 0 saturated carbocycles. The van der Waals surface area contributed by atoms with E-state index in [1.54, 1.807) is 0 Å². The van der Waals surface area contributed by atoms with Gasteiger partial charge in [0.25, 0.3) is 0 Å². The molecule has 0 radical (unpaired) electrons. The number of anilines is 1. The van der Waals surface area contributed by atoms with Crippen LogP contribution in [0.15, 0.2) is 193 Å². The molecule has 7 aromatic carbocycles. The Kier molecular flexibility index (Phi) is 8.83. The van der Waals surface area contributed by atoms with Gasteiger partial charge in [-0.05, 0) is 92.9 Å². The van der Waals surface area contributed by atoms with Gasteiger partial charge in [0.05, 0.1) is 0 Å². The molecule has 1 unspecified atom stereocenters. The number of aliphatic imine (C=N–C) groups is 1. The lowest BCUT2D eigenvalue weighted by Gasteiger charge is -2.20. The van der Waals surface area contributed by atoms with Gasteiger partial charge in [0, 0.05) is 11.4 Å². The molecule has 0 heterocycles. The van der Waals surface area contributed by atoms with Gasteiger partial charge in [0.2, 0.25) is 0 Å². The van der Waals surface area contributed by atoms with Crippen LogP contribution in [0.5, 0.6) is 0 Å². The maximum absolute atomic E-state index is 5.37. The van der Waals surface area contributed by atoms with E-state index in [0.29, 0.717) is 0 Å². The smallest absolute Gasteiger partial charge is 0.145 e. The van der Waals surface area contributed by atoms with Crippen molar-refractivity contribution < 1.29 is 0 Å². The van der Waals surface area contributed by atoms with E-state index in [-0.39, 0.29) is 6.17 Å². The fraction of sp³-hybridized carbons (Fsp3) is 0.0444. The van der Waals surface area contributed by atoms with Crippen LogP contribution in [0.2, 0.25) is 0 Å². The summed E-state index contributed by atoms with van der Waals surface area (Å²) in [5, 5.41) is 3.79. The average Bonchev–Trinajstić information content (AvgIpc) is 3.16. The second-order valence-electron chi connectivity index (χ2n) is 11.7. The van der Waals surface area contributed by atoms with Gasteiger partial charge >= 0.3 is 0 Å². The van der Waals surface area contributed by atoms with E-state index in [9.17, 15) is 0 Å². The molecule has 1 atom stereocenters. The van der Waals surface area contributed by atoms with E-state index in [2.05, 4.69) is 200 Å². The maximum Gasteiger partial charge on any atom is 0.145 e. The van der Waals surface area contributed by atoms with Crippen LogP contribution in [-0.4, -0.2) is 5.71 Å². The first-order valence-corrected chi connectivity index (χ1v) is 16.1. The molecular formula is C45H36N2. The van der Waals surface area contributed by atoms with Gasteiger partial charge in [-0.15, -0.1) is 0 Å². The maximum atomic E-state index is 5.37. The van der Waals surface area contributed by atoms with Crippen molar-refractivity contribution in [1.82, 2.24) is 0 Å². The topological polar surface area (TPSA) is 24.4 Å². The quantitative estimate of drug-likeness (QED) is 0.163. The highest BCUT2D eigenvalue weighted by atomic mass is 15.1. The monoisotopic (exact) mass is 604 g/mol. The highest BCUT2D eigenvalue weighted by molar-refractivity contribution is 6.01. The zero-order chi connectivity index (χ0) is 31.8. The Bertz CT molecular complexity index is 2030. The summed E-state index contributed by atoms with van der Waals surface area (Å²) in [5.41, 5.74) is 13.6. The van der Waals surface area contributed by atoms with E-state index < -0.39 is 0 Å². The van der Waals surface area contributed by atoms with Gasteiger partial charge in [0.15, 0.2) is 0 Å². The molecule has 0 aliphatic heterocycles. The fourth-order valence-electron chi connectivity index (χ4n) is 6.04. The third kappa shape index (κ3) is 6.98. The van der Waals surface area contributed by atoms with Crippen molar-refractivity contribution in [2.45, 2.75) is 13.1 Å². The van der Waals surface area contributed by atoms with E-state index in [0.717, 1.165) is 22.5 Å². The zero-order valence-corrected chi connectivity index (χ0v) is 26.4. The van der Waals surface area contributed by atoms with Gasteiger partial charge in [-0.3, -0.25) is 4.99 Å². The highest BCUT2D eigenvalue weighted by Crippen LogP contribution is 2.36. The lowest BCUT2D eigenvalue weighted by Crippen LogP contribution is -2.11. The van der Waals surface area contributed by atoms with E-state index in [1.165, 1.54) is 44.5 Å². The Balaban J connectivity index is 1.30. The molecule has 2 heteroatoms. The Morgan fingerprint density at radius 3 is 1.38 bits per heavy atom. The van der Waals surface area contributed by atoms with Gasteiger partial charge in [0.1, 0.15) is 6.17 Å². The van der Waals surface area contributed by atoms with Crippen LogP contribution < -0.4 is 5.32 Å². The minimum atomic E-state index is -0.289. The molecule has 2 nitrogen and oxygen atoms in total. The van der Waals surface area contributed by atoms with Crippen LogP contribution in [0, 0.1) is 0 Å². The number of nitrogens with zero attached hydrogens (tertiary/aromatic N) is 1. The van der Waals surface area contributed by atoms with Crippen molar-refractivity contribution in [1.29, 1.82) is 0 Å². The summed E-state index contributed by atoms with van der Waals surface area (Å²) in [6.45, 7) is 2.12. The van der Waals surface area contributed by atoms with Crippen molar-refractivity contribution in [3.8, 4) is 44.5 Å². The third-order valence-corrected chi connectivity index (χ3v) is 8.50. The molecular weight excluding hydrogens is 569 g/mol. The van der Waals surface area contributed by atoms with Crippen molar-refractivity contribution in [2.24, 2.45) is 4.99 Å². The molecule has 226 valence electrons. The Hall–Kier alpha value is -5.99. The van der Waals surface area contributed by atoms with Crippen LogP contribution in [0.3, 0.4) is 0 Å². The normalized spacial score (nSPS) is 12.0. The van der Waals surface area contributed by atoms with Crippen molar-refractivity contribution in [2.75, 3.05) is 5.32 Å². The van der Waals surface area contributed by atoms with Gasteiger partial charge in [-0.1, -0.05) is 158 Å². The van der Waals surface area contributed by atoms with Gasteiger partial charge in [-0.25, -0.2) is 0 Å². The van der Waals surface area contributed by atoms with Crippen LogP contribution in [0.4, 0.5) is 5.69 Å². The summed E-state index contributed by atoms with van der Waals surface area (Å²) < 4.78 is 0. The first-order valence-electron chi connectivity index (χ1n) is 16.1. The van der Waals surface area contributed by atoms with Crippen LogP contribution in [0.1, 0.15) is 24.2 Å². The molecule has 0 aromatic heterocycles. The first-order chi connectivity index (χ1) is 23.2. The average molecular weight is 605 g/mol. The van der Waals surface area contributed by atoms with Gasteiger partial charge < -0.3 is 5.32 Å². The molecule has 7 aromatic rings. The summed E-state index contributed by atoms with van der Waals surface area (Å²) in [5.74, 6) is 0. The second kappa shape index (κ2) is 14.0. The SMILES string of the molecule is C/C(=N\C(Nc1ccc(-c2ccccc2)c(-c2ccccc2)c1)c1ccccc1)c1cc(-c2ccccc2)cc(-c2ccccc2)c1. The summed E-state index contributed by atoms with van der Waals surface area (Å²) in [6.07, 6.45) is -0.289. The van der Waals surface area contributed by atoms with Crippen LogP contribution in [0.25, 0.3) is 44.5 Å². The zero-order valence-electron chi connectivity index (χ0n) is 26.4. The standard InChI is InChI=1S/C45H36N2/c1-33(39-29-40(34-17-7-2-8-18-34)31-41(30-39)35-19-9-3-10-20-35)46-45(38-25-15-6-16-26-38)47-42-27-28-43(36-21-11-4-12-22-36)44(32-42)37-23-13-5-14-24-37/h2-32,45,47H,1H3/b46-33+. The van der Waals surface area contributed by atoms with E-state index in [4.69, 9.17) is 4.99 Å². The third-order valence-electron chi connectivity index (χ3n) is 8.50. The molecule has 0 bridgehead atoms. The largest absolute Gasteiger partial charge is 0.360 e. The van der Waals surface area contributed by atoms with Crippen LogP contribution >= 0.6 is 0 Å². The number of rotatable bonds is 9. The van der Waals surface area contributed by atoms with Crippen LogP contribution in [-0.2, 0) is 0 Å². The number of hydrogen-bond donors (Lipinski definition) is 1. The molecule has 0 saturated heterocycles. The summed E-state index contributed by atoms with van der Waals surface area (Å²) in [7, 11) is 0. The molecule has 0 aliphatic carbocycles. The lowest BCUT2D eigenvalue weighted by molar-refractivity contribution is 0.837. The Labute approximate surface area is 277 Å². The predicted molar refractivity (Wildman–Crippen MR) is 200 cm³/mol. The van der Waals surface area contributed by atoms with Crippen molar-refractivity contribution >= 4 is 11.4 Å². The summed E-state index contributed by atoms with van der Waals surface area (Å²) in [4.78, 5) is 5.37. The summed E-state index contributed by atoms with van der Waals surface area (Å²) >= 11 is 0. The van der Waals surface area contributed by atoms with E-state index >= 15 is 0 Å². The summed E-state index contributed by atoms with van der Waals surface area (Å²) in [6, 6.07) is 66.2. The van der Waals surface area contributed by atoms with E-state index in [1.807, 2.05) is 0 Å². The fourth-order valence-corrected chi connectivity index (χ4v) is 6.04. The first kappa shape index (κ1) is 29.7. The number of nitrogens with one attached hydrogen (secondary N) is 1. The minimum absolute atomic E-state index is 0.289. The minimum Gasteiger partial charge on any atom is -0.360 e. The predicted octanol–water partition coefficient (Wildman–Crippen LogP) is 12.0. The Morgan fingerprint density at radius 1 is 0.426 bits per heavy atom. The molecule has 47 heavy (non-hydrogen) atoms. The lowest BCUT2D eigenvalue weighted by atomic mass is 9.94. The van der Waals surface area contributed by atoms with Crippen molar-refractivity contribution in [3.05, 3.63) is 199 Å².